The third-order valence-electron chi connectivity index (χ3n) is 6.84. The number of piperidine rings is 1. The Morgan fingerprint density at radius 3 is 2.55 bits per heavy atom. The average Bonchev–Trinajstić information content (AvgIpc) is 3.03. The van der Waals surface area contributed by atoms with E-state index in [0.717, 1.165) is 17.7 Å². The Morgan fingerprint density at radius 1 is 0.966 bits per heavy atom. The number of rotatable bonds is 2. The average molecular weight is 391 g/mol. The second-order valence-corrected chi connectivity index (χ2v) is 8.61. The normalized spacial score (nSPS) is 28.4. The number of pyridine rings is 1. The predicted octanol–water partition coefficient (Wildman–Crippen LogP) is 2.01. The minimum absolute atomic E-state index is 0.0197. The molecule has 1 aromatic heterocycles. The van der Waals surface area contributed by atoms with Crippen molar-refractivity contribution in [1.82, 2.24) is 14.4 Å². The van der Waals surface area contributed by atoms with Crippen LogP contribution in [0.15, 0.2) is 53.3 Å². The van der Waals surface area contributed by atoms with Crippen molar-refractivity contribution < 1.29 is 9.59 Å². The summed E-state index contributed by atoms with van der Waals surface area (Å²) in [5.74, 6) is 0.205. The lowest BCUT2D eigenvalue weighted by molar-refractivity contribution is -0.139. The van der Waals surface area contributed by atoms with E-state index in [1.54, 1.807) is 18.0 Å². The molecular formula is C23H25N3O3. The van der Waals surface area contributed by atoms with E-state index < -0.39 is 0 Å². The van der Waals surface area contributed by atoms with Crippen molar-refractivity contribution in [2.24, 2.45) is 11.8 Å². The molecule has 2 amide bonds. The van der Waals surface area contributed by atoms with Gasteiger partial charge in [-0.15, -0.1) is 0 Å². The lowest BCUT2D eigenvalue weighted by Crippen LogP contribution is -2.51. The summed E-state index contributed by atoms with van der Waals surface area (Å²) in [7, 11) is 1.79. The third-order valence-corrected chi connectivity index (χ3v) is 6.84. The lowest BCUT2D eigenvalue weighted by Gasteiger charge is -2.43. The molecule has 2 aromatic rings. The smallest absolute Gasteiger partial charge is 0.250 e. The summed E-state index contributed by atoms with van der Waals surface area (Å²) in [6, 6.07) is 15.1. The fraction of sp³-hybridized carbons (Fsp3) is 0.435. The van der Waals surface area contributed by atoms with Gasteiger partial charge in [-0.1, -0.05) is 36.4 Å². The molecule has 0 aliphatic carbocycles. The van der Waals surface area contributed by atoms with E-state index in [4.69, 9.17) is 0 Å². The molecule has 0 saturated carbocycles. The molecule has 3 aliphatic rings. The Bertz CT molecular complexity index is 1020. The molecule has 2 bridgehead atoms. The van der Waals surface area contributed by atoms with Gasteiger partial charge in [0.15, 0.2) is 0 Å². The van der Waals surface area contributed by atoms with Gasteiger partial charge in [0, 0.05) is 50.8 Å². The van der Waals surface area contributed by atoms with E-state index in [2.05, 4.69) is 0 Å². The zero-order valence-electron chi connectivity index (χ0n) is 16.5. The molecule has 6 heteroatoms. The van der Waals surface area contributed by atoms with E-state index in [1.807, 2.05) is 51.9 Å². The first-order valence-corrected chi connectivity index (χ1v) is 10.3. The van der Waals surface area contributed by atoms with E-state index >= 15 is 0 Å². The predicted molar refractivity (Wildman–Crippen MR) is 108 cm³/mol. The van der Waals surface area contributed by atoms with Crippen LogP contribution in [0.5, 0.6) is 0 Å². The van der Waals surface area contributed by atoms with Crippen molar-refractivity contribution in [3.63, 3.8) is 0 Å². The van der Waals surface area contributed by atoms with E-state index in [-0.39, 0.29) is 47.6 Å². The Kier molecular flexibility index (Phi) is 4.30. The summed E-state index contributed by atoms with van der Waals surface area (Å²) >= 11 is 0. The molecule has 3 aliphatic heterocycles. The number of benzene rings is 1. The number of hydrogen-bond acceptors (Lipinski definition) is 3. The Balaban J connectivity index is 1.42. The highest BCUT2D eigenvalue weighted by Crippen LogP contribution is 2.41. The van der Waals surface area contributed by atoms with Crippen LogP contribution in [-0.2, 0) is 16.1 Å². The number of aromatic nitrogens is 1. The molecule has 2 fully saturated rings. The fourth-order valence-corrected chi connectivity index (χ4v) is 5.51. The standard InChI is InChI=1S/C23H25N3O3/c1-24-21(28)11-18(22(24)16-6-3-2-4-7-16)23(29)25-12-15-10-17(14-25)19-8-5-9-20(27)26(19)13-15/h2-9,15,17-18,22H,10-14H2,1H3/t15-,17+,18+,22+/m1/s1. The van der Waals surface area contributed by atoms with Crippen molar-refractivity contribution in [2.45, 2.75) is 31.3 Å². The molecule has 5 rings (SSSR count). The number of carbonyl (C=O) groups excluding carboxylic acids is 2. The lowest BCUT2D eigenvalue weighted by atomic mass is 9.82. The van der Waals surface area contributed by atoms with Crippen LogP contribution in [0.3, 0.4) is 0 Å². The van der Waals surface area contributed by atoms with E-state index in [1.165, 1.54) is 0 Å². The van der Waals surface area contributed by atoms with Gasteiger partial charge in [0.25, 0.3) is 5.56 Å². The largest absolute Gasteiger partial charge is 0.341 e. The zero-order chi connectivity index (χ0) is 20.1. The maximum Gasteiger partial charge on any atom is 0.250 e. The molecule has 1 aromatic carbocycles. The Morgan fingerprint density at radius 2 is 1.76 bits per heavy atom. The first-order chi connectivity index (χ1) is 14.0. The molecule has 4 atom stereocenters. The number of carbonyl (C=O) groups is 2. The second kappa shape index (κ2) is 6.87. The van der Waals surface area contributed by atoms with Crippen LogP contribution in [0.25, 0.3) is 0 Å². The Labute approximate surface area is 169 Å². The molecule has 29 heavy (non-hydrogen) atoms. The van der Waals surface area contributed by atoms with Gasteiger partial charge >= 0.3 is 0 Å². The molecular weight excluding hydrogens is 366 g/mol. The van der Waals surface area contributed by atoms with Crippen LogP contribution in [0.2, 0.25) is 0 Å². The van der Waals surface area contributed by atoms with Crippen molar-refractivity contribution in [3.05, 3.63) is 70.1 Å². The van der Waals surface area contributed by atoms with Crippen LogP contribution in [0.4, 0.5) is 0 Å². The Hall–Kier alpha value is -2.89. The van der Waals surface area contributed by atoms with Gasteiger partial charge in [-0.05, 0) is 24.0 Å². The summed E-state index contributed by atoms with van der Waals surface area (Å²) < 4.78 is 1.88. The van der Waals surface area contributed by atoms with Crippen molar-refractivity contribution in [1.29, 1.82) is 0 Å². The van der Waals surface area contributed by atoms with Gasteiger partial charge in [0.2, 0.25) is 11.8 Å². The quantitative estimate of drug-likeness (QED) is 0.787. The number of nitrogens with zero attached hydrogens (tertiary/aromatic N) is 3. The maximum atomic E-state index is 13.6. The molecule has 4 heterocycles. The molecule has 0 radical (unpaired) electrons. The minimum Gasteiger partial charge on any atom is -0.341 e. The molecule has 0 spiro atoms. The van der Waals surface area contributed by atoms with Crippen molar-refractivity contribution in [3.8, 4) is 0 Å². The SMILES string of the molecule is CN1C(=O)C[C@H](C(=O)N2C[C@H]3C[C@@H](C2)c2cccc(=O)n2C3)[C@@H]1c1ccccc1. The highest BCUT2D eigenvalue weighted by atomic mass is 16.2. The third kappa shape index (κ3) is 2.98. The summed E-state index contributed by atoms with van der Waals surface area (Å²) in [6.07, 6.45) is 1.27. The zero-order valence-corrected chi connectivity index (χ0v) is 16.5. The van der Waals surface area contributed by atoms with Crippen LogP contribution < -0.4 is 5.56 Å². The van der Waals surface area contributed by atoms with Gasteiger partial charge < -0.3 is 14.4 Å². The number of fused-ring (bicyclic) bond motifs is 4. The van der Waals surface area contributed by atoms with Crippen LogP contribution in [-0.4, -0.2) is 46.3 Å². The van der Waals surface area contributed by atoms with E-state index in [9.17, 15) is 14.4 Å². The first-order valence-electron chi connectivity index (χ1n) is 10.3. The minimum atomic E-state index is -0.355. The molecule has 2 saturated heterocycles. The van der Waals surface area contributed by atoms with E-state index in [0.29, 0.717) is 19.6 Å². The summed E-state index contributed by atoms with van der Waals surface area (Å²) in [5.41, 5.74) is 2.09. The van der Waals surface area contributed by atoms with Gasteiger partial charge in [0.1, 0.15) is 0 Å². The monoisotopic (exact) mass is 391 g/mol. The molecule has 0 unspecified atom stereocenters. The molecule has 0 N–H and O–H groups in total. The van der Waals surface area contributed by atoms with Gasteiger partial charge in [-0.25, -0.2) is 0 Å². The summed E-state index contributed by atoms with van der Waals surface area (Å²) in [4.78, 5) is 41.9. The van der Waals surface area contributed by atoms with Crippen LogP contribution in [0.1, 0.15) is 36.1 Å². The number of likely N-dealkylation sites (tertiary alicyclic amines) is 2. The summed E-state index contributed by atoms with van der Waals surface area (Å²) in [5, 5.41) is 0. The van der Waals surface area contributed by atoms with Crippen LogP contribution in [0, 0.1) is 11.8 Å². The topological polar surface area (TPSA) is 62.6 Å². The molecule has 6 nitrogen and oxygen atoms in total. The highest BCUT2D eigenvalue weighted by Gasteiger charge is 2.46. The number of hydrogen-bond donors (Lipinski definition) is 0. The highest BCUT2D eigenvalue weighted by molar-refractivity contribution is 5.90. The number of amides is 2. The molecule has 150 valence electrons. The van der Waals surface area contributed by atoms with Gasteiger partial charge in [-0.3, -0.25) is 14.4 Å². The van der Waals surface area contributed by atoms with Crippen LogP contribution >= 0.6 is 0 Å². The van der Waals surface area contributed by atoms with Gasteiger partial charge in [-0.2, -0.15) is 0 Å². The summed E-state index contributed by atoms with van der Waals surface area (Å²) in [6.45, 7) is 1.95. The second-order valence-electron chi connectivity index (χ2n) is 8.61. The van der Waals surface area contributed by atoms with Gasteiger partial charge in [0.05, 0.1) is 12.0 Å². The first kappa shape index (κ1) is 18.2. The fourth-order valence-electron chi connectivity index (χ4n) is 5.51. The van der Waals surface area contributed by atoms with Crippen molar-refractivity contribution >= 4 is 11.8 Å². The van der Waals surface area contributed by atoms with Crippen molar-refractivity contribution in [2.75, 3.05) is 20.1 Å². The maximum absolute atomic E-state index is 13.6.